The zero-order valence-electron chi connectivity index (χ0n) is 12.1. The summed E-state index contributed by atoms with van der Waals surface area (Å²) in [7, 11) is 0. The molecule has 0 aliphatic carbocycles. The Kier molecular flexibility index (Phi) is 3.63. The van der Waals surface area contributed by atoms with Gasteiger partial charge in [-0.25, -0.2) is 4.39 Å². The van der Waals surface area contributed by atoms with Crippen molar-refractivity contribution in [1.82, 2.24) is 9.55 Å². The van der Waals surface area contributed by atoms with Crippen molar-refractivity contribution in [1.29, 1.82) is 0 Å². The first-order chi connectivity index (χ1) is 10.6. The van der Waals surface area contributed by atoms with E-state index in [0.29, 0.717) is 6.42 Å². The minimum Gasteiger partial charge on any atom is -0.480 e. The lowest BCUT2D eigenvalue weighted by molar-refractivity contribution is -0.137. The molecule has 0 atom stereocenters. The van der Waals surface area contributed by atoms with Crippen molar-refractivity contribution >= 4 is 16.9 Å². The molecule has 3 aromatic rings. The lowest BCUT2D eigenvalue weighted by atomic mass is 10.0. The molecule has 0 amide bonds. The molecule has 0 saturated heterocycles. The number of carboxylic acids is 1. The Balaban J connectivity index is 2.17. The summed E-state index contributed by atoms with van der Waals surface area (Å²) in [6.07, 6.45) is 4.05. The normalized spacial score (nSPS) is 11.0. The van der Waals surface area contributed by atoms with Gasteiger partial charge in [0.1, 0.15) is 12.4 Å². The van der Waals surface area contributed by atoms with Crippen molar-refractivity contribution in [2.45, 2.75) is 19.9 Å². The first-order valence-corrected chi connectivity index (χ1v) is 6.94. The highest BCUT2D eigenvalue weighted by atomic mass is 19.1. The first kappa shape index (κ1) is 14.3. The Hall–Kier alpha value is -2.69. The average molecular weight is 298 g/mol. The van der Waals surface area contributed by atoms with Crippen LogP contribution in [0.2, 0.25) is 0 Å². The molecule has 3 rings (SSSR count). The Labute approximate surface area is 126 Å². The van der Waals surface area contributed by atoms with E-state index >= 15 is 0 Å². The maximum atomic E-state index is 13.6. The zero-order valence-corrected chi connectivity index (χ0v) is 12.1. The third-order valence-electron chi connectivity index (χ3n) is 3.81. The van der Waals surface area contributed by atoms with Crippen LogP contribution in [0.5, 0.6) is 0 Å². The molecule has 0 saturated carbocycles. The summed E-state index contributed by atoms with van der Waals surface area (Å²) in [5.74, 6) is -1.25. The maximum absolute atomic E-state index is 13.6. The van der Waals surface area contributed by atoms with Crippen LogP contribution in [0, 0.1) is 12.7 Å². The first-order valence-electron chi connectivity index (χ1n) is 6.94. The van der Waals surface area contributed by atoms with Gasteiger partial charge in [0.25, 0.3) is 0 Å². The summed E-state index contributed by atoms with van der Waals surface area (Å²) in [6.45, 7) is 1.73. The quantitative estimate of drug-likeness (QED) is 0.805. The monoisotopic (exact) mass is 298 g/mol. The van der Waals surface area contributed by atoms with Gasteiger partial charge in [0.05, 0.1) is 0 Å². The molecule has 1 aromatic carbocycles. The summed E-state index contributed by atoms with van der Waals surface area (Å²) >= 11 is 0. The minimum atomic E-state index is -0.919. The van der Waals surface area contributed by atoms with Crippen LogP contribution in [0.3, 0.4) is 0 Å². The van der Waals surface area contributed by atoms with Crippen LogP contribution in [-0.2, 0) is 17.8 Å². The average Bonchev–Trinajstić information content (AvgIpc) is 2.73. The van der Waals surface area contributed by atoms with Crippen LogP contribution in [0.15, 0.2) is 42.7 Å². The molecular weight excluding hydrogens is 283 g/mol. The van der Waals surface area contributed by atoms with E-state index in [4.69, 9.17) is 5.11 Å². The van der Waals surface area contributed by atoms with E-state index in [0.717, 1.165) is 27.7 Å². The van der Waals surface area contributed by atoms with Gasteiger partial charge in [0.15, 0.2) is 0 Å². The second kappa shape index (κ2) is 5.60. The topological polar surface area (TPSA) is 55.1 Å². The fraction of sp³-hybridized carbons (Fsp3) is 0.176. The highest BCUT2D eigenvalue weighted by Gasteiger charge is 2.16. The maximum Gasteiger partial charge on any atom is 0.323 e. The molecule has 0 unspecified atom stereocenters. The Morgan fingerprint density at radius 2 is 2.18 bits per heavy atom. The number of hydrogen-bond acceptors (Lipinski definition) is 2. The van der Waals surface area contributed by atoms with Crippen molar-refractivity contribution in [2.24, 2.45) is 0 Å². The van der Waals surface area contributed by atoms with Crippen LogP contribution >= 0.6 is 0 Å². The molecule has 2 heterocycles. The summed E-state index contributed by atoms with van der Waals surface area (Å²) in [6, 6.07) is 8.25. The van der Waals surface area contributed by atoms with Crippen LogP contribution in [0.4, 0.5) is 4.39 Å². The van der Waals surface area contributed by atoms with Crippen LogP contribution in [0.25, 0.3) is 10.9 Å². The molecule has 0 aliphatic rings. The minimum absolute atomic E-state index is 0.138. The Morgan fingerprint density at radius 3 is 2.86 bits per heavy atom. The molecule has 0 radical (unpaired) electrons. The fourth-order valence-corrected chi connectivity index (χ4v) is 2.79. The summed E-state index contributed by atoms with van der Waals surface area (Å²) in [4.78, 5) is 15.2. The second-order valence-corrected chi connectivity index (χ2v) is 5.24. The number of carboxylic acid groups (broad SMARTS) is 1. The van der Waals surface area contributed by atoms with Crippen LogP contribution in [-0.4, -0.2) is 20.6 Å². The SMILES string of the molecule is Cc1c(Cc2cccnc2)c2cc(F)ccc2n1CC(=O)O. The molecule has 4 nitrogen and oxygen atoms in total. The van der Waals surface area contributed by atoms with E-state index in [1.54, 1.807) is 23.0 Å². The summed E-state index contributed by atoms with van der Waals surface area (Å²) < 4.78 is 15.3. The number of nitrogens with zero attached hydrogens (tertiary/aromatic N) is 2. The summed E-state index contributed by atoms with van der Waals surface area (Å²) in [5.41, 5.74) is 3.51. The van der Waals surface area contributed by atoms with E-state index < -0.39 is 5.97 Å². The number of hydrogen-bond donors (Lipinski definition) is 1. The molecule has 0 aliphatic heterocycles. The Morgan fingerprint density at radius 1 is 1.36 bits per heavy atom. The largest absolute Gasteiger partial charge is 0.480 e. The molecule has 112 valence electrons. The van der Waals surface area contributed by atoms with Gasteiger partial charge in [-0.05, 0) is 42.3 Å². The molecule has 1 N–H and O–H groups in total. The number of fused-ring (bicyclic) bond motifs is 1. The van der Waals surface area contributed by atoms with Gasteiger partial charge in [0.2, 0.25) is 0 Å². The lowest BCUT2D eigenvalue weighted by Crippen LogP contribution is -2.10. The van der Waals surface area contributed by atoms with Gasteiger partial charge >= 0.3 is 5.97 Å². The van der Waals surface area contributed by atoms with Gasteiger partial charge in [-0.3, -0.25) is 9.78 Å². The van der Waals surface area contributed by atoms with Crippen molar-refractivity contribution < 1.29 is 14.3 Å². The third-order valence-corrected chi connectivity index (χ3v) is 3.81. The number of halogens is 1. The van der Waals surface area contributed by atoms with Gasteiger partial charge in [-0.15, -0.1) is 0 Å². The molecule has 0 fully saturated rings. The van der Waals surface area contributed by atoms with Crippen LogP contribution < -0.4 is 0 Å². The number of rotatable bonds is 4. The standard InChI is InChI=1S/C17H15FN2O2/c1-11-14(7-12-3-2-6-19-9-12)15-8-13(18)4-5-16(15)20(11)10-17(21)22/h2-6,8-9H,7,10H2,1H3,(H,21,22). The number of aliphatic carboxylic acids is 1. The summed E-state index contributed by atoms with van der Waals surface area (Å²) in [5, 5.41) is 9.85. The molecule has 0 bridgehead atoms. The molecule has 2 aromatic heterocycles. The van der Waals surface area contributed by atoms with E-state index in [2.05, 4.69) is 4.98 Å². The van der Waals surface area contributed by atoms with E-state index in [9.17, 15) is 9.18 Å². The fourth-order valence-electron chi connectivity index (χ4n) is 2.79. The molecule has 22 heavy (non-hydrogen) atoms. The lowest BCUT2D eigenvalue weighted by Gasteiger charge is -2.05. The van der Waals surface area contributed by atoms with Gasteiger partial charge in [-0.1, -0.05) is 6.07 Å². The van der Waals surface area contributed by atoms with Crippen LogP contribution in [0.1, 0.15) is 16.8 Å². The molecular formula is C17H15FN2O2. The second-order valence-electron chi connectivity index (χ2n) is 5.24. The van der Waals surface area contributed by atoms with E-state index in [1.165, 1.54) is 12.1 Å². The van der Waals surface area contributed by atoms with Crippen molar-refractivity contribution in [3.8, 4) is 0 Å². The van der Waals surface area contributed by atoms with E-state index in [1.807, 2.05) is 19.1 Å². The van der Waals surface area contributed by atoms with Gasteiger partial charge < -0.3 is 9.67 Å². The van der Waals surface area contributed by atoms with Gasteiger partial charge in [-0.2, -0.15) is 0 Å². The van der Waals surface area contributed by atoms with Crippen molar-refractivity contribution in [2.75, 3.05) is 0 Å². The van der Waals surface area contributed by atoms with Crippen molar-refractivity contribution in [3.05, 3.63) is 65.4 Å². The Bertz CT molecular complexity index is 841. The number of benzene rings is 1. The predicted molar refractivity (Wildman–Crippen MR) is 81.3 cm³/mol. The third kappa shape index (κ3) is 2.57. The number of carbonyl (C=O) groups is 1. The number of aromatic nitrogens is 2. The predicted octanol–water partition coefficient (Wildman–Crippen LogP) is 3.16. The van der Waals surface area contributed by atoms with Gasteiger partial charge in [0, 0.05) is 35.4 Å². The van der Waals surface area contributed by atoms with Crippen molar-refractivity contribution in [3.63, 3.8) is 0 Å². The van der Waals surface area contributed by atoms with E-state index in [-0.39, 0.29) is 12.4 Å². The highest BCUT2D eigenvalue weighted by molar-refractivity contribution is 5.87. The number of pyridine rings is 1. The zero-order chi connectivity index (χ0) is 15.7. The highest BCUT2D eigenvalue weighted by Crippen LogP contribution is 2.28. The smallest absolute Gasteiger partial charge is 0.323 e. The molecule has 5 heteroatoms. The molecule has 0 spiro atoms.